The third-order valence-electron chi connectivity index (χ3n) is 6.85. The lowest BCUT2D eigenvalue weighted by Gasteiger charge is -2.42. The first-order valence-corrected chi connectivity index (χ1v) is 10.5. The minimum Gasteiger partial charge on any atom is -0.392 e. The molecule has 0 aromatic heterocycles. The van der Waals surface area contributed by atoms with E-state index < -0.39 is 0 Å². The van der Waals surface area contributed by atoms with Gasteiger partial charge in [0.2, 0.25) is 0 Å². The second kappa shape index (κ2) is 6.67. The van der Waals surface area contributed by atoms with Crippen molar-refractivity contribution >= 4 is 22.6 Å². The third kappa shape index (κ3) is 2.93. The second-order valence-electron chi connectivity index (χ2n) is 8.42. The number of halogens is 1. The fourth-order valence-corrected chi connectivity index (χ4v) is 7.78. The molecule has 0 radical (unpaired) electrons. The summed E-state index contributed by atoms with van der Waals surface area (Å²) in [6.45, 7) is 4.57. The van der Waals surface area contributed by atoms with Gasteiger partial charge in [-0.2, -0.15) is 0 Å². The van der Waals surface area contributed by atoms with Crippen molar-refractivity contribution in [1.82, 2.24) is 0 Å². The van der Waals surface area contributed by atoms with E-state index in [-0.39, 0.29) is 9.53 Å². The number of alkyl halides is 1. The maximum Gasteiger partial charge on any atom is 0.0691 e. The van der Waals surface area contributed by atoms with Crippen LogP contribution in [0, 0.1) is 29.6 Å². The molecule has 5 atom stereocenters. The highest BCUT2D eigenvalue weighted by molar-refractivity contribution is 14.1. The first-order chi connectivity index (χ1) is 10.0. The van der Waals surface area contributed by atoms with Gasteiger partial charge in [0.25, 0.3) is 0 Å². The molecule has 3 rings (SSSR count). The van der Waals surface area contributed by atoms with Gasteiger partial charge in [0.1, 0.15) is 0 Å². The first-order valence-electron chi connectivity index (χ1n) is 9.42. The van der Waals surface area contributed by atoms with Crippen molar-refractivity contribution in [2.24, 2.45) is 29.6 Å². The lowest BCUT2D eigenvalue weighted by Crippen LogP contribution is -2.47. The molecule has 2 heteroatoms. The zero-order chi connectivity index (χ0) is 15.0. The van der Waals surface area contributed by atoms with Crippen molar-refractivity contribution in [1.29, 1.82) is 0 Å². The summed E-state index contributed by atoms with van der Waals surface area (Å²) < 4.78 is 0.197. The first kappa shape index (κ1) is 16.5. The molecule has 3 aliphatic rings. The summed E-state index contributed by atoms with van der Waals surface area (Å²) in [5.41, 5.74) is 0. The highest BCUT2D eigenvalue weighted by atomic mass is 127. The van der Waals surface area contributed by atoms with Crippen molar-refractivity contribution in [3.05, 3.63) is 0 Å². The minimum atomic E-state index is -0.0702. The molecule has 3 aliphatic carbocycles. The predicted octanol–water partition coefficient (Wildman–Crippen LogP) is 5.58. The molecule has 0 saturated heterocycles. The monoisotopic (exact) mass is 404 g/mol. The fourth-order valence-electron chi connectivity index (χ4n) is 5.92. The lowest BCUT2D eigenvalue weighted by atomic mass is 9.73. The van der Waals surface area contributed by atoms with Crippen LogP contribution in [0.25, 0.3) is 0 Å². The summed E-state index contributed by atoms with van der Waals surface area (Å²) in [5, 5.41) is 11.1. The van der Waals surface area contributed by atoms with E-state index in [0.717, 1.165) is 30.1 Å². The van der Waals surface area contributed by atoms with Gasteiger partial charge in [-0.1, -0.05) is 62.1 Å². The van der Waals surface area contributed by atoms with E-state index in [0.29, 0.717) is 5.92 Å². The van der Waals surface area contributed by atoms with E-state index in [1.54, 1.807) is 0 Å². The number of hydrogen-bond donors (Lipinski definition) is 1. The van der Waals surface area contributed by atoms with Crippen LogP contribution in [0.2, 0.25) is 0 Å². The Hall–Kier alpha value is 0.690. The van der Waals surface area contributed by atoms with Crippen molar-refractivity contribution in [3.63, 3.8) is 0 Å². The average Bonchev–Trinajstić information content (AvgIpc) is 2.77. The Bertz CT molecular complexity index is 331. The highest BCUT2D eigenvalue weighted by Crippen LogP contribution is 2.64. The van der Waals surface area contributed by atoms with Gasteiger partial charge in [0, 0.05) is 0 Å². The Balaban J connectivity index is 1.82. The normalized spacial score (nSPS) is 44.4. The second-order valence-corrected chi connectivity index (χ2v) is 10.3. The number of hydrogen-bond acceptors (Lipinski definition) is 1. The molecule has 0 bridgehead atoms. The standard InChI is InChI=1S/C19H33IO/c1-13(2)11-12-18(21)19(20)16-9-5-3-7-14(16)15-8-4-6-10-17(15)19/h13-18,21H,3-12H2,1-2H3. The van der Waals surface area contributed by atoms with Gasteiger partial charge in [0.05, 0.1) is 9.53 Å². The molecule has 0 aromatic carbocycles. The van der Waals surface area contributed by atoms with Crippen molar-refractivity contribution < 1.29 is 5.11 Å². The van der Waals surface area contributed by atoms with Gasteiger partial charge >= 0.3 is 0 Å². The molecule has 0 heterocycles. The minimum absolute atomic E-state index is 0.0702. The van der Waals surface area contributed by atoms with Gasteiger partial charge < -0.3 is 5.11 Å². The summed E-state index contributed by atoms with van der Waals surface area (Å²) in [4.78, 5) is 0. The Morgan fingerprint density at radius 2 is 1.38 bits per heavy atom. The molecule has 0 aliphatic heterocycles. The van der Waals surface area contributed by atoms with E-state index in [2.05, 4.69) is 36.4 Å². The van der Waals surface area contributed by atoms with Gasteiger partial charge in [-0.25, -0.2) is 0 Å². The zero-order valence-electron chi connectivity index (χ0n) is 13.9. The number of fused-ring (bicyclic) bond motifs is 3. The van der Waals surface area contributed by atoms with Crippen LogP contribution in [0.5, 0.6) is 0 Å². The summed E-state index contributed by atoms with van der Waals surface area (Å²) in [6, 6.07) is 0. The van der Waals surface area contributed by atoms with Crippen LogP contribution >= 0.6 is 22.6 Å². The summed E-state index contributed by atoms with van der Waals surface area (Å²) in [5.74, 6) is 4.21. The molecular weight excluding hydrogens is 371 g/mol. The van der Waals surface area contributed by atoms with E-state index in [1.807, 2.05) is 0 Å². The van der Waals surface area contributed by atoms with Crippen LogP contribution in [0.3, 0.4) is 0 Å². The maximum atomic E-state index is 11.1. The topological polar surface area (TPSA) is 20.2 Å². The Morgan fingerprint density at radius 3 is 1.86 bits per heavy atom. The maximum absolute atomic E-state index is 11.1. The Kier molecular flexibility index (Phi) is 5.25. The van der Waals surface area contributed by atoms with Crippen LogP contribution in [-0.4, -0.2) is 14.6 Å². The molecule has 0 spiro atoms. The van der Waals surface area contributed by atoms with E-state index >= 15 is 0 Å². The van der Waals surface area contributed by atoms with Gasteiger partial charge in [-0.05, 0) is 68.1 Å². The molecule has 3 saturated carbocycles. The summed E-state index contributed by atoms with van der Waals surface area (Å²) in [7, 11) is 0. The Morgan fingerprint density at radius 1 is 0.905 bits per heavy atom. The average molecular weight is 404 g/mol. The molecule has 1 N–H and O–H groups in total. The number of aliphatic hydroxyl groups is 1. The van der Waals surface area contributed by atoms with E-state index in [1.165, 1.54) is 57.8 Å². The van der Waals surface area contributed by atoms with E-state index in [9.17, 15) is 5.11 Å². The largest absolute Gasteiger partial charge is 0.392 e. The molecule has 1 nitrogen and oxygen atoms in total. The van der Waals surface area contributed by atoms with Crippen LogP contribution in [-0.2, 0) is 0 Å². The third-order valence-corrected chi connectivity index (χ3v) is 9.17. The van der Waals surface area contributed by atoms with Crippen molar-refractivity contribution in [3.8, 4) is 0 Å². The smallest absolute Gasteiger partial charge is 0.0691 e. The molecule has 0 aromatic rings. The zero-order valence-corrected chi connectivity index (χ0v) is 16.0. The summed E-state index contributed by atoms with van der Waals surface area (Å²) >= 11 is 2.76. The molecule has 5 unspecified atom stereocenters. The van der Waals surface area contributed by atoms with Crippen LogP contribution in [0.1, 0.15) is 78.1 Å². The van der Waals surface area contributed by atoms with E-state index in [4.69, 9.17) is 0 Å². The van der Waals surface area contributed by atoms with Crippen LogP contribution in [0.15, 0.2) is 0 Å². The van der Waals surface area contributed by atoms with Crippen LogP contribution in [0.4, 0.5) is 0 Å². The molecular formula is C19H33IO. The number of aliphatic hydroxyl groups excluding tert-OH is 1. The van der Waals surface area contributed by atoms with Crippen molar-refractivity contribution in [2.75, 3.05) is 0 Å². The van der Waals surface area contributed by atoms with Gasteiger partial charge in [0.15, 0.2) is 0 Å². The lowest BCUT2D eigenvalue weighted by molar-refractivity contribution is 0.0657. The van der Waals surface area contributed by atoms with Gasteiger partial charge in [-0.15, -0.1) is 0 Å². The molecule has 0 amide bonds. The van der Waals surface area contributed by atoms with Crippen molar-refractivity contribution in [2.45, 2.75) is 87.6 Å². The molecule has 21 heavy (non-hydrogen) atoms. The highest BCUT2D eigenvalue weighted by Gasteiger charge is 2.61. The summed E-state index contributed by atoms with van der Waals surface area (Å²) in [6.07, 6.45) is 13.5. The SMILES string of the molecule is CC(C)CCC(O)C1(I)C2CCCCC2C2CCCCC21. The quantitative estimate of drug-likeness (QED) is 0.479. The van der Waals surface area contributed by atoms with Gasteiger partial charge in [-0.3, -0.25) is 0 Å². The number of rotatable bonds is 4. The predicted molar refractivity (Wildman–Crippen MR) is 97.7 cm³/mol. The fraction of sp³-hybridized carbons (Fsp3) is 1.00. The molecule has 122 valence electrons. The molecule has 3 fully saturated rings. The van der Waals surface area contributed by atoms with Crippen LogP contribution < -0.4 is 0 Å². The Labute approximate surface area is 144 Å².